The zero-order valence-corrected chi connectivity index (χ0v) is 14.5. The van der Waals surface area contributed by atoms with Crippen LogP contribution in [0.1, 0.15) is 11.1 Å². The second kappa shape index (κ2) is 6.84. The van der Waals surface area contributed by atoms with E-state index in [4.69, 9.17) is 39.5 Å². The number of rotatable bonds is 3. The Kier molecular flexibility index (Phi) is 4.76. The number of aliphatic imine (C=N–C) groups is 1. The highest BCUT2D eigenvalue weighted by Gasteiger charge is 2.26. The Morgan fingerprint density at radius 2 is 1.84 bits per heavy atom. The summed E-state index contributed by atoms with van der Waals surface area (Å²) in [4.78, 5) is 26.3. The SMILES string of the molecule is O=C1OC(c2ccc([N+](=O)[O-])cc2Cl)=NC1=Cc1ccc(Cl)cc1Cl. The van der Waals surface area contributed by atoms with Crippen LogP contribution in [0.4, 0.5) is 5.69 Å². The molecule has 6 nitrogen and oxygen atoms in total. The molecule has 0 radical (unpaired) electrons. The van der Waals surface area contributed by atoms with Crippen LogP contribution in [-0.4, -0.2) is 16.8 Å². The van der Waals surface area contributed by atoms with E-state index < -0.39 is 10.9 Å². The molecule has 9 heteroatoms. The van der Waals surface area contributed by atoms with Crippen molar-refractivity contribution >= 4 is 58.4 Å². The van der Waals surface area contributed by atoms with Crippen LogP contribution in [0.5, 0.6) is 0 Å². The minimum atomic E-state index is -0.685. The Balaban J connectivity index is 1.98. The van der Waals surface area contributed by atoms with Gasteiger partial charge >= 0.3 is 5.97 Å². The average Bonchev–Trinajstić information content (AvgIpc) is 2.90. The number of carbonyl (C=O) groups is 1. The highest BCUT2D eigenvalue weighted by molar-refractivity contribution is 6.36. The fraction of sp³-hybridized carbons (Fsp3) is 0. The molecule has 0 aliphatic carbocycles. The van der Waals surface area contributed by atoms with Crippen LogP contribution in [0.25, 0.3) is 6.08 Å². The Morgan fingerprint density at radius 3 is 2.48 bits per heavy atom. The lowest BCUT2D eigenvalue weighted by atomic mass is 10.2. The number of hydrogen-bond acceptors (Lipinski definition) is 5. The van der Waals surface area contributed by atoms with E-state index in [-0.39, 0.29) is 27.9 Å². The van der Waals surface area contributed by atoms with Gasteiger partial charge in [0.25, 0.3) is 5.69 Å². The Bertz CT molecular complexity index is 970. The van der Waals surface area contributed by atoms with Gasteiger partial charge in [-0.2, -0.15) is 0 Å². The van der Waals surface area contributed by atoms with Crippen molar-refractivity contribution < 1.29 is 14.5 Å². The largest absolute Gasteiger partial charge is 0.402 e. The maximum absolute atomic E-state index is 12.0. The number of ether oxygens (including phenoxy) is 1. The molecule has 0 bridgehead atoms. The van der Waals surface area contributed by atoms with Crippen LogP contribution in [0, 0.1) is 10.1 Å². The lowest BCUT2D eigenvalue weighted by Gasteiger charge is -2.02. The molecule has 0 amide bonds. The van der Waals surface area contributed by atoms with Crippen molar-refractivity contribution in [3.8, 4) is 0 Å². The molecule has 0 spiro atoms. The first kappa shape index (κ1) is 17.4. The molecule has 1 aliphatic rings. The third-order valence-electron chi connectivity index (χ3n) is 3.27. The van der Waals surface area contributed by atoms with Crippen molar-refractivity contribution in [1.29, 1.82) is 0 Å². The molecule has 25 heavy (non-hydrogen) atoms. The molecule has 3 rings (SSSR count). The maximum atomic E-state index is 12.0. The lowest BCUT2D eigenvalue weighted by Crippen LogP contribution is -2.06. The van der Waals surface area contributed by atoms with Gasteiger partial charge in [0.1, 0.15) is 0 Å². The third kappa shape index (κ3) is 3.66. The van der Waals surface area contributed by atoms with Crippen LogP contribution in [0.2, 0.25) is 15.1 Å². The number of nitro benzene ring substituents is 1. The van der Waals surface area contributed by atoms with Gasteiger partial charge in [0.05, 0.1) is 15.5 Å². The topological polar surface area (TPSA) is 81.8 Å². The summed E-state index contributed by atoms with van der Waals surface area (Å²) in [5.74, 6) is -0.725. The van der Waals surface area contributed by atoms with Crippen molar-refractivity contribution in [1.82, 2.24) is 0 Å². The maximum Gasteiger partial charge on any atom is 0.363 e. The van der Waals surface area contributed by atoms with Crippen molar-refractivity contribution in [2.75, 3.05) is 0 Å². The van der Waals surface area contributed by atoms with E-state index in [0.717, 1.165) is 6.07 Å². The number of hydrogen-bond donors (Lipinski definition) is 0. The highest BCUT2D eigenvalue weighted by atomic mass is 35.5. The minimum absolute atomic E-state index is 0.0219. The van der Waals surface area contributed by atoms with Crippen molar-refractivity contribution in [2.24, 2.45) is 4.99 Å². The van der Waals surface area contributed by atoms with Crippen molar-refractivity contribution in [3.63, 3.8) is 0 Å². The molecule has 2 aromatic carbocycles. The second-order valence-electron chi connectivity index (χ2n) is 4.92. The molecule has 1 aliphatic heterocycles. The summed E-state index contributed by atoms with van der Waals surface area (Å²) in [5, 5.41) is 11.6. The third-order valence-corrected chi connectivity index (χ3v) is 4.14. The van der Waals surface area contributed by atoms with Gasteiger partial charge in [-0.05, 0) is 29.8 Å². The molecule has 2 aromatic rings. The van der Waals surface area contributed by atoms with Crippen LogP contribution in [0.3, 0.4) is 0 Å². The molecule has 0 atom stereocenters. The Labute approximate surface area is 156 Å². The number of nitrogens with zero attached hydrogens (tertiary/aromatic N) is 2. The zero-order valence-electron chi connectivity index (χ0n) is 12.2. The highest BCUT2D eigenvalue weighted by Crippen LogP contribution is 2.28. The molecule has 0 saturated heterocycles. The van der Waals surface area contributed by atoms with Gasteiger partial charge in [0.2, 0.25) is 5.90 Å². The lowest BCUT2D eigenvalue weighted by molar-refractivity contribution is -0.384. The van der Waals surface area contributed by atoms with Gasteiger partial charge in [-0.1, -0.05) is 40.9 Å². The summed E-state index contributed by atoms with van der Waals surface area (Å²) < 4.78 is 5.10. The van der Waals surface area contributed by atoms with E-state index in [9.17, 15) is 14.9 Å². The first-order valence-electron chi connectivity index (χ1n) is 6.77. The second-order valence-corrected chi connectivity index (χ2v) is 6.17. The Hall–Kier alpha value is -2.41. The molecular formula is C16H7Cl3N2O4. The molecule has 0 unspecified atom stereocenters. The Morgan fingerprint density at radius 1 is 1.08 bits per heavy atom. The van der Waals surface area contributed by atoms with Gasteiger partial charge in [-0.3, -0.25) is 10.1 Å². The first-order chi connectivity index (χ1) is 11.8. The van der Waals surface area contributed by atoms with Crippen LogP contribution in [-0.2, 0) is 9.53 Å². The number of carbonyl (C=O) groups excluding carboxylic acids is 1. The molecule has 0 aromatic heterocycles. The van der Waals surface area contributed by atoms with E-state index in [1.807, 2.05) is 0 Å². The summed E-state index contributed by atoms with van der Waals surface area (Å²) in [6.45, 7) is 0. The van der Waals surface area contributed by atoms with Crippen LogP contribution < -0.4 is 0 Å². The predicted molar refractivity (Wildman–Crippen MR) is 95.2 cm³/mol. The van der Waals surface area contributed by atoms with E-state index >= 15 is 0 Å². The number of benzene rings is 2. The molecule has 0 N–H and O–H groups in total. The molecule has 0 fully saturated rings. The van der Waals surface area contributed by atoms with Crippen LogP contribution in [0.15, 0.2) is 47.1 Å². The number of halogens is 3. The summed E-state index contributed by atoms with van der Waals surface area (Å²) in [6, 6.07) is 8.56. The molecule has 126 valence electrons. The smallest absolute Gasteiger partial charge is 0.363 e. The summed E-state index contributed by atoms with van der Waals surface area (Å²) in [7, 11) is 0. The van der Waals surface area contributed by atoms with Crippen molar-refractivity contribution in [3.05, 3.63) is 78.4 Å². The fourth-order valence-electron chi connectivity index (χ4n) is 2.08. The van der Waals surface area contributed by atoms with Gasteiger partial charge in [-0.15, -0.1) is 0 Å². The average molecular weight is 398 g/mol. The predicted octanol–water partition coefficient (Wildman–Crippen LogP) is 4.90. The first-order valence-corrected chi connectivity index (χ1v) is 7.90. The standard InChI is InChI=1S/C16H7Cl3N2O4/c17-9-2-1-8(12(18)6-9)5-14-16(22)25-15(20-14)11-4-3-10(21(23)24)7-13(11)19/h1-7H. The van der Waals surface area contributed by atoms with Gasteiger partial charge in [-0.25, -0.2) is 9.79 Å². The summed E-state index contributed by atoms with van der Waals surface area (Å²) >= 11 is 17.9. The number of esters is 1. The van der Waals surface area contributed by atoms with Crippen molar-refractivity contribution in [2.45, 2.75) is 0 Å². The monoisotopic (exact) mass is 396 g/mol. The van der Waals surface area contributed by atoms with Gasteiger partial charge in [0, 0.05) is 22.2 Å². The normalized spacial score (nSPS) is 15.2. The number of non-ortho nitro benzene ring substituents is 1. The van der Waals surface area contributed by atoms with Gasteiger partial charge in [0.15, 0.2) is 5.70 Å². The summed E-state index contributed by atoms with van der Waals surface area (Å²) in [6.07, 6.45) is 1.45. The van der Waals surface area contributed by atoms with E-state index in [1.165, 1.54) is 24.3 Å². The van der Waals surface area contributed by atoms with Gasteiger partial charge < -0.3 is 4.74 Å². The quantitative estimate of drug-likeness (QED) is 0.319. The van der Waals surface area contributed by atoms with E-state index in [2.05, 4.69) is 4.99 Å². The molecule has 0 saturated carbocycles. The number of cyclic esters (lactones) is 1. The minimum Gasteiger partial charge on any atom is -0.402 e. The van der Waals surface area contributed by atoms with E-state index in [1.54, 1.807) is 12.1 Å². The van der Waals surface area contributed by atoms with Crippen LogP contribution >= 0.6 is 34.8 Å². The summed E-state index contributed by atoms with van der Waals surface area (Å²) in [5.41, 5.74) is 0.653. The zero-order chi connectivity index (χ0) is 18.1. The number of nitro groups is 1. The van der Waals surface area contributed by atoms with E-state index in [0.29, 0.717) is 15.6 Å². The molecular weight excluding hydrogens is 391 g/mol. The fourth-order valence-corrected chi connectivity index (χ4v) is 2.80. The molecule has 1 heterocycles.